The predicted octanol–water partition coefficient (Wildman–Crippen LogP) is 0.0213. The van der Waals surface area contributed by atoms with Crippen LogP contribution in [0.25, 0.3) is 0 Å². The van der Waals surface area contributed by atoms with E-state index in [-0.39, 0.29) is 0 Å². The maximum Gasteiger partial charge on any atom is 0.359 e. The fourth-order valence-electron chi connectivity index (χ4n) is 0.172. The fraction of sp³-hybridized carbons (Fsp3) is 0.500. The molecule has 8 heteroatoms. The summed E-state index contributed by atoms with van der Waals surface area (Å²) in [5.74, 6) is -0.887. The van der Waals surface area contributed by atoms with Gasteiger partial charge in [-0.05, 0) is 0 Å². The zero-order valence-corrected chi connectivity index (χ0v) is 8.40. The molecular weight excluding hydrogens is 294 g/mol. The number of carbonyl (C=O) groups excluding carboxylic acids is 1. The SMILES string of the molecule is O=C(NS(=O)(=O)O)C(Br)Br. The zero-order valence-electron chi connectivity index (χ0n) is 4.41. The first kappa shape index (κ1) is 10.3. The van der Waals surface area contributed by atoms with Crippen molar-refractivity contribution in [1.82, 2.24) is 4.72 Å². The third kappa shape index (κ3) is 5.15. The fourth-order valence-corrected chi connectivity index (χ4v) is 1.08. The van der Waals surface area contributed by atoms with Crippen LogP contribution in [-0.2, 0) is 15.1 Å². The number of halogens is 2. The van der Waals surface area contributed by atoms with Crippen LogP contribution in [0.1, 0.15) is 0 Å². The number of hydrogen-bond acceptors (Lipinski definition) is 3. The Morgan fingerprint density at radius 2 is 1.90 bits per heavy atom. The van der Waals surface area contributed by atoms with Crippen molar-refractivity contribution in [2.24, 2.45) is 0 Å². The molecule has 0 unspecified atom stereocenters. The third-order valence-corrected chi connectivity index (χ3v) is 1.72. The lowest BCUT2D eigenvalue weighted by atomic mass is 10.8. The molecule has 0 radical (unpaired) electrons. The van der Waals surface area contributed by atoms with Gasteiger partial charge in [-0.2, -0.15) is 8.42 Å². The maximum absolute atomic E-state index is 10.4. The smallest absolute Gasteiger partial charge is 0.272 e. The Morgan fingerprint density at radius 3 is 2.00 bits per heavy atom. The van der Waals surface area contributed by atoms with Gasteiger partial charge in [0.25, 0.3) is 5.91 Å². The molecule has 0 heterocycles. The minimum atomic E-state index is -4.43. The number of amides is 1. The molecule has 60 valence electrons. The van der Waals surface area contributed by atoms with E-state index < -0.39 is 19.9 Å². The van der Waals surface area contributed by atoms with E-state index in [1.54, 1.807) is 0 Å². The van der Waals surface area contributed by atoms with Gasteiger partial charge in [-0.1, -0.05) is 31.9 Å². The molecule has 1 amide bonds. The van der Waals surface area contributed by atoms with Crippen LogP contribution in [-0.4, -0.2) is 22.6 Å². The quantitative estimate of drug-likeness (QED) is 0.556. The number of rotatable bonds is 2. The van der Waals surface area contributed by atoms with E-state index in [0.717, 1.165) is 0 Å². The van der Waals surface area contributed by atoms with Crippen molar-refractivity contribution in [3.8, 4) is 0 Å². The van der Waals surface area contributed by atoms with E-state index in [1.165, 1.54) is 4.72 Å². The molecule has 0 bridgehead atoms. The van der Waals surface area contributed by atoms with Gasteiger partial charge >= 0.3 is 10.3 Å². The van der Waals surface area contributed by atoms with Crippen LogP contribution in [0.4, 0.5) is 0 Å². The topological polar surface area (TPSA) is 83.5 Å². The Hall–Kier alpha value is 0.340. The van der Waals surface area contributed by atoms with E-state index >= 15 is 0 Å². The second-order valence-corrected chi connectivity index (χ2v) is 5.46. The highest BCUT2D eigenvalue weighted by molar-refractivity contribution is 9.25. The van der Waals surface area contributed by atoms with Crippen molar-refractivity contribution in [3.05, 3.63) is 0 Å². The lowest BCUT2D eigenvalue weighted by molar-refractivity contribution is -0.117. The highest BCUT2D eigenvalue weighted by Crippen LogP contribution is 2.07. The summed E-state index contributed by atoms with van der Waals surface area (Å²) in [5.41, 5.74) is 0. The molecule has 0 aliphatic carbocycles. The number of nitrogens with one attached hydrogen (secondary N) is 1. The largest absolute Gasteiger partial charge is 0.359 e. The molecule has 2 N–H and O–H groups in total. The second-order valence-electron chi connectivity index (χ2n) is 1.24. The number of hydrogen-bond donors (Lipinski definition) is 2. The van der Waals surface area contributed by atoms with Gasteiger partial charge in [0.15, 0.2) is 0 Å². The van der Waals surface area contributed by atoms with Gasteiger partial charge in [-0.25, -0.2) is 4.72 Å². The molecule has 0 atom stereocenters. The number of alkyl halides is 2. The predicted molar refractivity (Wildman–Crippen MR) is 41.3 cm³/mol. The van der Waals surface area contributed by atoms with Crippen molar-refractivity contribution < 1.29 is 17.8 Å². The Kier molecular flexibility index (Phi) is 3.77. The van der Waals surface area contributed by atoms with Crippen molar-refractivity contribution in [2.75, 3.05) is 0 Å². The monoisotopic (exact) mass is 295 g/mol. The molecule has 0 saturated heterocycles. The molecule has 0 spiro atoms. The molecule has 0 saturated carbocycles. The molecule has 0 aromatic carbocycles. The van der Waals surface area contributed by atoms with E-state index in [9.17, 15) is 13.2 Å². The lowest BCUT2D eigenvalue weighted by Crippen LogP contribution is -2.33. The molecule has 5 nitrogen and oxygen atoms in total. The van der Waals surface area contributed by atoms with Gasteiger partial charge in [0.1, 0.15) is 3.74 Å². The van der Waals surface area contributed by atoms with Crippen molar-refractivity contribution in [2.45, 2.75) is 3.74 Å². The van der Waals surface area contributed by atoms with E-state index in [2.05, 4.69) is 31.9 Å². The van der Waals surface area contributed by atoms with Crippen LogP contribution in [0, 0.1) is 0 Å². The van der Waals surface area contributed by atoms with Crippen LogP contribution in [0.15, 0.2) is 0 Å². The average molecular weight is 297 g/mol. The molecule has 0 rings (SSSR count). The standard InChI is InChI=1S/C2H3Br2NO4S/c3-1(4)2(6)5-10(7,8)9/h1H,(H,5,6)(H,7,8,9). The summed E-state index contributed by atoms with van der Waals surface area (Å²) < 4.78 is 28.4. The van der Waals surface area contributed by atoms with E-state index in [4.69, 9.17) is 4.55 Å². The molecule has 0 aliphatic rings. The first-order valence-electron chi connectivity index (χ1n) is 1.90. The van der Waals surface area contributed by atoms with Crippen molar-refractivity contribution in [3.63, 3.8) is 0 Å². The van der Waals surface area contributed by atoms with Crippen LogP contribution in [0.5, 0.6) is 0 Å². The van der Waals surface area contributed by atoms with Gasteiger partial charge in [0, 0.05) is 0 Å². The highest BCUT2D eigenvalue weighted by atomic mass is 79.9. The summed E-state index contributed by atoms with van der Waals surface area (Å²) in [7, 11) is -4.43. The Morgan fingerprint density at radius 1 is 1.50 bits per heavy atom. The van der Waals surface area contributed by atoms with Gasteiger partial charge in [0.2, 0.25) is 0 Å². The molecule has 0 aromatic rings. The summed E-state index contributed by atoms with van der Waals surface area (Å²) >= 11 is 5.44. The normalized spacial score (nSPS) is 11.6. The summed E-state index contributed by atoms with van der Waals surface area (Å²) in [6.45, 7) is 0. The van der Waals surface area contributed by atoms with Gasteiger partial charge in [-0.3, -0.25) is 9.35 Å². The summed E-state index contributed by atoms with van der Waals surface area (Å²) in [6.07, 6.45) is 0. The number of carbonyl (C=O) groups is 1. The zero-order chi connectivity index (χ0) is 8.36. The van der Waals surface area contributed by atoms with Crippen molar-refractivity contribution >= 4 is 48.1 Å². The minimum absolute atomic E-state index is 0.832. The molecule has 0 aliphatic heterocycles. The summed E-state index contributed by atoms with van der Waals surface area (Å²) in [5, 5.41) is 0. The van der Waals surface area contributed by atoms with Crippen LogP contribution >= 0.6 is 31.9 Å². The molecule has 0 fully saturated rings. The lowest BCUT2D eigenvalue weighted by Gasteiger charge is -1.99. The van der Waals surface area contributed by atoms with Crippen LogP contribution < -0.4 is 4.72 Å². The van der Waals surface area contributed by atoms with Crippen molar-refractivity contribution in [1.29, 1.82) is 0 Å². The molecule has 10 heavy (non-hydrogen) atoms. The Labute approximate surface area is 74.3 Å². The van der Waals surface area contributed by atoms with Gasteiger partial charge in [0.05, 0.1) is 0 Å². The molecular formula is C2H3Br2NO4S. The van der Waals surface area contributed by atoms with Gasteiger partial charge < -0.3 is 0 Å². The second kappa shape index (κ2) is 3.65. The Bertz CT molecular complexity index is 221. The van der Waals surface area contributed by atoms with Crippen LogP contribution in [0.3, 0.4) is 0 Å². The maximum atomic E-state index is 10.4. The average Bonchev–Trinajstić information content (AvgIpc) is 1.60. The van der Waals surface area contributed by atoms with E-state index in [1.807, 2.05) is 0 Å². The van der Waals surface area contributed by atoms with Crippen LogP contribution in [0.2, 0.25) is 0 Å². The first-order valence-corrected chi connectivity index (χ1v) is 5.17. The highest BCUT2D eigenvalue weighted by Gasteiger charge is 2.15. The summed E-state index contributed by atoms with van der Waals surface area (Å²) in [6, 6.07) is 0. The third-order valence-electron chi connectivity index (χ3n) is 0.428. The first-order chi connectivity index (χ1) is 4.33. The summed E-state index contributed by atoms with van der Waals surface area (Å²) in [4.78, 5) is 10.4. The van der Waals surface area contributed by atoms with Gasteiger partial charge in [-0.15, -0.1) is 0 Å². The Balaban J connectivity index is 4.07. The minimum Gasteiger partial charge on any atom is -0.272 e. The van der Waals surface area contributed by atoms with E-state index in [0.29, 0.717) is 0 Å². The molecule has 0 aromatic heterocycles.